The average molecular weight is 165 g/mol. The Labute approximate surface area is 69.0 Å². The number of aryl methyl sites for hydroxylation is 1. The van der Waals surface area contributed by atoms with Crippen LogP contribution in [0.4, 0.5) is 4.39 Å². The summed E-state index contributed by atoms with van der Waals surface area (Å²) in [5.74, 6) is -0.212. The van der Waals surface area contributed by atoms with E-state index < -0.39 is 0 Å². The van der Waals surface area contributed by atoms with Crippen molar-refractivity contribution in [1.29, 1.82) is 0 Å². The highest BCUT2D eigenvalue weighted by atomic mass is 19.1. The third-order valence-electron chi connectivity index (χ3n) is 1.93. The van der Waals surface area contributed by atoms with Gasteiger partial charge in [0.25, 0.3) is 0 Å². The van der Waals surface area contributed by atoms with Gasteiger partial charge in [-0.05, 0) is 18.1 Å². The number of halogens is 1. The van der Waals surface area contributed by atoms with E-state index in [1.54, 1.807) is 12.1 Å². The van der Waals surface area contributed by atoms with Crippen molar-refractivity contribution in [3.05, 3.63) is 29.7 Å². The molecule has 62 valence electrons. The number of fused-ring (bicyclic) bond motifs is 1. The van der Waals surface area contributed by atoms with Gasteiger partial charge in [-0.2, -0.15) is 0 Å². The van der Waals surface area contributed by atoms with Gasteiger partial charge in [0.15, 0.2) is 5.58 Å². The van der Waals surface area contributed by atoms with Crippen molar-refractivity contribution in [3.63, 3.8) is 0 Å². The van der Waals surface area contributed by atoms with Crippen molar-refractivity contribution in [1.82, 2.24) is 5.16 Å². The van der Waals surface area contributed by atoms with Crippen LogP contribution in [-0.4, -0.2) is 5.16 Å². The van der Waals surface area contributed by atoms with Gasteiger partial charge in [0.05, 0.1) is 11.6 Å². The normalized spacial score (nSPS) is 10.8. The van der Waals surface area contributed by atoms with E-state index in [9.17, 15) is 4.39 Å². The lowest BCUT2D eigenvalue weighted by Gasteiger charge is -1.97. The van der Waals surface area contributed by atoms with E-state index in [2.05, 4.69) is 5.16 Å². The Kier molecular flexibility index (Phi) is 1.57. The molecule has 1 aromatic heterocycles. The first-order valence-corrected chi connectivity index (χ1v) is 3.84. The Morgan fingerprint density at radius 1 is 1.50 bits per heavy atom. The second-order valence-corrected chi connectivity index (χ2v) is 2.63. The largest absolute Gasteiger partial charge is 0.356 e. The third kappa shape index (κ3) is 0.897. The van der Waals surface area contributed by atoms with Gasteiger partial charge in [0.2, 0.25) is 0 Å². The molecule has 1 aromatic carbocycles. The van der Waals surface area contributed by atoms with E-state index in [1.165, 1.54) is 6.20 Å². The number of aromatic nitrogens is 1. The van der Waals surface area contributed by atoms with Gasteiger partial charge in [0.1, 0.15) is 5.82 Å². The first-order chi connectivity index (χ1) is 5.83. The summed E-state index contributed by atoms with van der Waals surface area (Å²) < 4.78 is 18.2. The summed E-state index contributed by atoms with van der Waals surface area (Å²) in [5.41, 5.74) is 1.20. The maximum atomic E-state index is 13.4. The van der Waals surface area contributed by atoms with Gasteiger partial charge < -0.3 is 4.52 Å². The van der Waals surface area contributed by atoms with Crippen LogP contribution in [0.15, 0.2) is 22.9 Å². The molecule has 0 bridgehead atoms. The molecule has 2 rings (SSSR count). The van der Waals surface area contributed by atoms with E-state index in [-0.39, 0.29) is 5.82 Å². The summed E-state index contributed by atoms with van der Waals surface area (Å²) in [5, 5.41) is 3.99. The lowest BCUT2D eigenvalue weighted by atomic mass is 10.1. The third-order valence-corrected chi connectivity index (χ3v) is 1.93. The van der Waals surface area contributed by atoms with Crippen LogP contribution in [0.25, 0.3) is 11.0 Å². The van der Waals surface area contributed by atoms with Crippen LogP contribution < -0.4 is 0 Å². The fraction of sp³-hybridized carbons (Fsp3) is 0.222. The van der Waals surface area contributed by atoms with Gasteiger partial charge >= 0.3 is 0 Å². The summed E-state index contributed by atoms with van der Waals surface area (Å²) >= 11 is 0. The Hall–Kier alpha value is -1.38. The van der Waals surface area contributed by atoms with Crippen LogP contribution in [-0.2, 0) is 6.42 Å². The summed E-state index contributed by atoms with van der Waals surface area (Å²) in [7, 11) is 0. The zero-order chi connectivity index (χ0) is 8.55. The lowest BCUT2D eigenvalue weighted by molar-refractivity contribution is 0.456. The van der Waals surface area contributed by atoms with E-state index in [1.807, 2.05) is 6.92 Å². The molecule has 0 saturated heterocycles. The highest BCUT2D eigenvalue weighted by Gasteiger charge is 2.07. The molecular formula is C9H8FNO. The van der Waals surface area contributed by atoms with Crippen molar-refractivity contribution in [2.75, 3.05) is 0 Å². The minimum absolute atomic E-state index is 0.212. The SMILES string of the molecule is CCc1ccc2oncc2c1F. The first-order valence-electron chi connectivity index (χ1n) is 3.84. The van der Waals surface area contributed by atoms with E-state index in [4.69, 9.17) is 4.52 Å². The van der Waals surface area contributed by atoms with Crippen molar-refractivity contribution >= 4 is 11.0 Å². The van der Waals surface area contributed by atoms with Gasteiger partial charge in [-0.25, -0.2) is 4.39 Å². The van der Waals surface area contributed by atoms with Crippen LogP contribution in [0, 0.1) is 5.82 Å². The smallest absolute Gasteiger partial charge is 0.169 e. The van der Waals surface area contributed by atoms with Crippen LogP contribution in [0.2, 0.25) is 0 Å². The first kappa shape index (κ1) is 7.28. The Morgan fingerprint density at radius 2 is 2.33 bits per heavy atom. The van der Waals surface area contributed by atoms with Crippen molar-refractivity contribution in [2.24, 2.45) is 0 Å². The number of rotatable bonds is 1. The quantitative estimate of drug-likeness (QED) is 0.649. The molecule has 0 saturated carbocycles. The van der Waals surface area contributed by atoms with Crippen molar-refractivity contribution in [2.45, 2.75) is 13.3 Å². The minimum atomic E-state index is -0.212. The molecule has 12 heavy (non-hydrogen) atoms. The summed E-state index contributed by atoms with van der Waals surface area (Å²) in [6.07, 6.45) is 2.09. The Bertz CT molecular complexity index is 408. The molecule has 0 aliphatic rings. The van der Waals surface area contributed by atoms with Crippen LogP contribution in [0.1, 0.15) is 12.5 Å². The predicted octanol–water partition coefficient (Wildman–Crippen LogP) is 2.53. The molecule has 0 aliphatic heterocycles. The molecule has 0 spiro atoms. The molecule has 0 aliphatic carbocycles. The molecule has 1 heterocycles. The number of hydrogen-bond donors (Lipinski definition) is 0. The zero-order valence-corrected chi connectivity index (χ0v) is 6.67. The van der Waals surface area contributed by atoms with Gasteiger partial charge in [0, 0.05) is 0 Å². The lowest BCUT2D eigenvalue weighted by Crippen LogP contribution is -1.86. The molecule has 0 N–H and O–H groups in total. The summed E-state index contributed by atoms with van der Waals surface area (Å²) in [6.45, 7) is 1.91. The maximum Gasteiger partial charge on any atom is 0.169 e. The highest BCUT2D eigenvalue weighted by Crippen LogP contribution is 2.20. The van der Waals surface area contributed by atoms with E-state index >= 15 is 0 Å². The molecule has 0 amide bonds. The molecule has 0 radical (unpaired) electrons. The molecule has 2 nitrogen and oxygen atoms in total. The molecule has 0 unspecified atom stereocenters. The Balaban J connectivity index is 2.78. The molecular weight excluding hydrogens is 157 g/mol. The van der Waals surface area contributed by atoms with Crippen LogP contribution in [0.3, 0.4) is 0 Å². The van der Waals surface area contributed by atoms with Crippen molar-refractivity contribution in [3.8, 4) is 0 Å². The standard InChI is InChI=1S/C9H8FNO/c1-2-6-3-4-8-7(9(6)10)5-11-12-8/h3-5H,2H2,1H3. The summed E-state index contributed by atoms with van der Waals surface area (Å²) in [6, 6.07) is 3.47. The van der Waals surface area contributed by atoms with E-state index in [0.29, 0.717) is 23.0 Å². The Morgan fingerprint density at radius 3 is 3.08 bits per heavy atom. The van der Waals surface area contributed by atoms with Gasteiger partial charge in [-0.3, -0.25) is 0 Å². The number of nitrogens with zero attached hydrogens (tertiary/aromatic N) is 1. The van der Waals surface area contributed by atoms with Gasteiger partial charge in [-0.15, -0.1) is 0 Å². The number of hydrogen-bond acceptors (Lipinski definition) is 2. The average Bonchev–Trinajstić information content (AvgIpc) is 2.53. The second kappa shape index (κ2) is 2.59. The monoisotopic (exact) mass is 165 g/mol. The maximum absolute atomic E-state index is 13.4. The van der Waals surface area contributed by atoms with Crippen LogP contribution >= 0.6 is 0 Å². The molecule has 0 fully saturated rings. The number of benzene rings is 1. The molecule has 0 atom stereocenters. The summed E-state index contributed by atoms with van der Waals surface area (Å²) in [4.78, 5) is 0. The second-order valence-electron chi connectivity index (χ2n) is 2.63. The molecule has 2 aromatic rings. The highest BCUT2D eigenvalue weighted by molar-refractivity contribution is 5.77. The predicted molar refractivity (Wildman–Crippen MR) is 43.3 cm³/mol. The van der Waals surface area contributed by atoms with Gasteiger partial charge in [-0.1, -0.05) is 18.1 Å². The topological polar surface area (TPSA) is 26.0 Å². The fourth-order valence-corrected chi connectivity index (χ4v) is 1.23. The zero-order valence-electron chi connectivity index (χ0n) is 6.67. The van der Waals surface area contributed by atoms with Crippen LogP contribution in [0.5, 0.6) is 0 Å². The van der Waals surface area contributed by atoms with E-state index in [0.717, 1.165) is 0 Å². The minimum Gasteiger partial charge on any atom is -0.356 e. The molecule has 3 heteroatoms. The van der Waals surface area contributed by atoms with Crippen molar-refractivity contribution < 1.29 is 8.91 Å². The fourth-order valence-electron chi connectivity index (χ4n) is 1.23.